The summed E-state index contributed by atoms with van der Waals surface area (Å²) in [4.78, 5) is 22.2. The largest absolute Gasteiger partial charge is 0.481 e. The fraction of sp³-hybridized carbons (Fsp3) is 0.105. The molecule has 0 atom stereocenters. The fourth-order valence-corrected chi connectivity index (χ4v) is 2.51. The molecule has 3 aromatic rings. The second kappa shape index (κ2) is 6.49. The summed E-state index contributed by atoms with van der Waals surface area (Å²) in [6.07, 6.45) is 5.17. The van der Waals surface area contributed by atoms with Gasteiger partial charge in [0.05, 0.1) is 10.5 Å². The molecule has 0 amide bonds. The molecule has 0 spiro atoms. The number of Topliss-reactive ketones (excluding diaryl/α,β-unsaturated/α-hetero) is 1. The van der Waals surface area contributed by atoms with Crippen molar-refractivity contribution in [2.75, 3.05) is 6.61 Å². The number of fused-ring (bicyclic) bond motifs is 1. The van der Waals surface area contributed by atoms with Crippen LogP contribution in [0.3, 0.4) is 0 Å². The number of furan rings is 1. The van der Waals surface area contributed by atoms with Crippen LogP contribution in [0.4, 0.5) is 5.69 Å². The quantitative estimate of drug-likeness (QED) is 0.302. The second-order valence-electron chi connectivity index (χ2n) is 5.35. The van der Waals surface area contributed by atoms with E-state index in [0.29, 0.717) is 22.7 Å². The Morgan fingerprint density at radius 2 is 2.08 bits per heavy atom. The number of ether oxygens (including phenoxy) is 1. The summed E-state index contributed by atoms with van der Waals surface area (Å²) in [5.41, 5.74) is 1.03. The van der Waals surface area contributed by atoms with Crippen LogP contribution in [-0.4, -0.2) is 17.3 Å². The molecule has 0 saturated heterocycles. The number of terminal acetylenes is 1. The van der Waals surface area contributed by atoms with Gasteiger partial charge in [0, 0.05) is 17.0 Å². The highest BCUT2D eigenvalue weighted by Crippen LogP contribution is 2.32. The third-order valence-electron chi connectivity index (χ3n) is 3.67. The Hall–Kier alpha value is -3.59. The number of nitrogens with zero attached hydrogens (tertiary/aromatic N) is 1. The van der Waals surface area contributed by atoms with Crippen molar-refractivity contribution in [3.8, 4) is 29.4 Å². The number of nitro benzene ring substituents is 1. The van der Waals surface area contributed by atoms with Crippen molar-refractivity contribution >= 4 is 22.4 Å². The molecule has 1 heterocycles. The van der Waals surface area contributed by atoms with Crippen molar-refractivity contribution in [1.29, 1.82) is 0 Å². The van der Waals surface area contributed by atoms with E-state index in [9.17, 15) is 14.9 Å². The number of ketones is 1. The van der Waals surface area contributed by atoms with Gasteiger partial charge in [-0.3, -0.25) is 14.9 Å². The van der Waals surface area contributed by atoms with Crippen LogP contribution in [0, 0.1) is 22.5 Å². The van der Waals surface area contributed by atoms with E-state index in [1.165, 1.54) is 19.1 Å². The molecule has 2 aromatic carbocycles. The van der Waals surface area contributed by atoms with Crippen LogP contribution in [0.5, 0.6) is 5.75 Å². The maximum absolute atomic E-state index is 11.7. The van der Waals surface area contributed by atoms with Crippen molar-refractivity contribution < 1.29 is 18.9 Å². The van der Waals surface area contributed by atoms with Gasteiger partial charge in [-0.1, -0.05) is 5.92 Å². The third-order valence-corrected chi connectivity index (χ3v) is 3.67. The van der Waals surface area contributed by atoms with E-state index in [2.05, 4.69) is 5.92 Å². The lowest BCUT2D eigenvalue weighted by molar-refractivity contribution is -0.385. The van der Waals surface area contributed by atoms with E-state index in [4.69, 9.17) is 15.6 Å². The van der Waals surface area contributed by atoms with Crippen LogP contribution in [0.1, 0.15) is 17.3 Å². The Balaban J connectivity index is 2.04. The molecule has 0 fully saturated rings. The summed E-state index contributed by atoms with van der Waals surface area (Å²) >= 11 is 0. The van der Waals surface area contributed by atoms with E-state index >= 15 is 0 Å². The first-order chi connectivity index (χ1) is 12.0. The number of carbonyl (C=O) groups is 1. The van der Waals surface area contributed by atoms with Gasteiger partial charge in [0.25, 0.3) is 5.69 Å². The molecular weight excluding hydrogens is 322 g/mol. The number of nitro groups is 1. The number of carbonyl (C=O) groups excluding carboxylic acids is 1. The molecule has 0 N–H and O–H groups in total. The van der Waals surface area contributed by atoms with Crippen LogP contribution in [0.2, 0.25) is 0 Å². The highest BCUT2D eigenvalue weighted by molar-refractivity contribution is 5.99. The molecule has 6 nitrogen and oxygen atoms in total. The van der Waals surface area contributed by atoms with Gasteiger partial charge in [-0.25, -0.2) is 0 Å². The lowest BCUT2D eigenvalue weighted by Gasteiger charge is -2.02. The zero-order chi connectivity index (χ0) is 18.0. The molecule has 1 aromatic heterocycles. The van der Waals surface area contributed by atoms with Crippen LogP contribution in [0.15, 0.2) is 46.9 Å². The maximum atomic E-state index is 11.7. The first-order valence-corrected chi connectivity index (χ1v) is 7.39. The normalized spacial score (nSPS) is 10.4. The lowest BCUT2D eigenvalue weighted by atomic mass is 10.0. The van der Waals surface area contributed by atoms with Gasteiger partial charge in [0.15, 0.2) is 5.78 Å². The highest BCUT2D eigenvalue weighted by atomic mass is 16.6. The number of hydrogen-bond donors (Lipinski definition) is 0. The highest BCUT2D eigenvalue weighted by Gasteiger charge is 2.19. The Kier molecular flexibility index (Phi) is 4.23. The zero-order valence-electron chi connectivity index (χ0n) is 13.3. The summed E-state index contributed by atoms with van der Waals surface area (Å²) in [6, 6.07) is 11.4. The Morgan fingerprint density at radius 3 is 2.76 bits per heavy atom. The van der Waals surface area contributed by atoms with Crippen LogP contribution in [-0.2, 0) is 0 Å². The first kappa shape index (κ1) is 16.3. The van der Waals surface area contributed by atoms with Crippen molar-refractivity contribution in [2.45, 2.75) is 6.92 Å². The van der Waals surface area contributed by atoms with Crippen molar-refractivity contribution in [2.24, 2.45) is 0 Å². The predicted molar refractivity (Wildman–Crippen MR) is 92.6 cm³/mol. The van der Waals surface area contributed by atoms with Gasteiger partial charge < -0.3 is 9.15 Å². The van der Waals surface area contributed by atoms with Gasteiger partial charge in [-0.05, 0) is 43.3 Å². The molecule has 6 heteroatoms. The average Bonchev–Trinajstić information content (AvgIpc) is 3.02. The molecule has 25 heavy (non-hydrogen) atoms. The fourth-order valence-electron chi connectivity index (χ4n) is 2.51. The SMILES string of the molecule is C#CCOc1ccc2oc(-c3ccc([N+](=O)[O-])c(C(C)=O)c3)cc2c1. The van der Waals surface area contributed by atoms with Gasteiger partial charge in [0.2, 0.25) is 0 Å². The number of hydrogen-bond acceptors (Lipinski definition) is 5. The van der Waals surface area contributed by atoms with E-state index in [1.54, 1.807) is 30.3 Å². The van der Waals surface area contributed by atoms with Crippen LogP contribution < -0.4 is 4.74 Å². The van der Waals surface area contributed by atoms with Crippen molar-refractivity contribution in [3.63, 3.8) is 0 Å². The first-order valence-electron chi connectivity index (χ1n) is 7.39. The second-order valence-corrected chi connectivity index (χ2v) is 5.35. The minimum atomic E-state index is -0.575. The number of rotatable bonds is 5. The molecule has 124 valence electrons. The summed E-state index contributed by atoms with van der Waals surface area (Å²) in [5.74, 6) is 3.13. The molecule has 0 aliphatic rings. The smallest absolute Gasteiger partial charge is 0.280 e. The Labute approximate surface area is 143 Å². The molecule has 3 rings (SSSR count). The summed E-state index contributed by atoms with van der Waals surface area (Å²) in [7, 11) is 0. The minimum Gasteiger partial charge on any atom is -0.481 e. The number of benzene rings is 2. The van der Waals surface area contributed by atoms with E-state index < -0.39 is 4.92 Å². The van der Waals surface area contributed by atoms with Crippen molar-refractivity contribution in [1.82, 2.24) is 0 Å². The van der Waals surface area contributed by atoms with Crippen LogP contribution >= 0.6 is 0 Å². The van der Waals surface area contributed by atoms with Gasteiger partial charge in [0.1, 0.15) is 23.7 Å². The zero-order valence-corrected chi connectivity index (χ0v) is 13.3. The topological polar surface area (TPSA) is 82.6 Å². The molecule has 0 saturated carbocycles. The average molecular weight is 335 g/mol. The molecule has 0 bridgehead atoms. The van der Waals surface area contributed by atoms with E-state index in [-0.39, 0.29) is 23.6 Å². The Morgan fingerprint density at radius 1 is 1.28 bits per heavy atom. The van der Waals surface area contributed by atoms with Crippen molar-refractivity contribution in [3.05, 3.63) is 58.1 Å². The standard InChI is InChI=1S/C19H13NO5/c1-3-8-24-15-5-7-18-14(9-15)11-19(25-18)13-4-6-17(20(22)23)16(10-13)12(2)21/h1,4-7,9-11H,8H2,2H3. The summed E-state index contributed by atoms with van der Waals surface area (Å²) < 4.78 is 11.1. The van der Waals surface area contributed by atoms with Crippen LogP contribution in [0.25, 0.3) is 22.3 Å². The summed E-state index contributed by atoms with van der Waals surface area (Å²) in [5, 5.41) is 11.8. The third kappa shape index (κ3) is 3.21. The van der Waals surface area contributed by atoms with Gasteiger partial charge >= 0.3 is 0 Å². The minimum absolute atomic E-state index is 0.0426. The molecule has 0 unspecified atom stereocenters. The predicted octanol–water partition coefficient (Wildman–Crippen LogP) is 4.22. The lowest BCUT2D eigenvalue weighted by Crippen LogP contribution is -2.00. The molecule has 0 aliphatic heterocycles. The summed E-state index contributed by atoms with van der Waals surface area (Å²) in [6.45, 7) is 1.46. The van der Waals surface area contributed by atoms with E-state index in [1.807, 2.05) is 0 Å². The van der Waals surface area contributed by atoms with Gasteiger partial charge in [-0.15, -0.1) is 6.42 Å². The van der Waals surface area contributed by atoms with E-state index in [0.717, 1.165) is 5.39 Å². The molecule has 0 radical (unpaired) electrons. The van der Waals surface area contributed by atoms with Gasteiger partial charge in [-0.2, -0.15) is 0 Å². The maximum Gasteiger partial charge on any atom is 0.280 e. The monoisotopic (exact) mass is 335 g/mol. The molecule has 0 aliphatic carbocycles. The Bertz CT molecular complexity index is 1030. The molecular formula is C19H13NO5.